The summed E-state index contributed by atoms with van der Waals surface area (Å²) in [6.45, 7) is 1.96. The van der Waals surface area contributed by atoms with Crippen LogP contribution in [-0.2, 0) is 4.79 Å². The van der Waals surface area contributed by atoms with Crippen molar-refractivity contribution in [1.82, 2.24) is 0 Å². The maximum absolute atomic E-state index is 12.0. The minimum Gasteiger partial charge on any atom is -0.320 e. The van der Waals surface area contributed by atoms with Crippen LogP contribution in [0.4, 0.5) is 11.4 Å². The molecule has 1 aliphatic rings. The lowest BCUT2D eigenvalue weighted by atomic mass is 10.1. The SMILES string of the molecule is Cc1cccc2c1NC(=O)C2=Nc1cccc(Cl)c1. The number of anilines is 1. The van der Waals surface area contributed by atoms with Crippen LogP contribution in [0.5, 0.6) is 0 Å². The first kappa shape index (κ1) is 11.9. The first-order chi connectivity index (χ1) is 9.15. The normalized spacial score (nSPS) is 15.5. The molecule has 0 aliphatic carbocycles. The molecule has 0 fully saturated rings. The topological polar surface area (TPSA) is 41.5 Å². The van der Waals surface area contributed by atoms with Gasteiger partial charge in [0.15, 0.2) is 0 Å². The highest BCUT2D eigenvalue weighted by molar-refractivity contribution is 6.54. The van der Waals surface area contributed by atoms with Crippen LogP contribution in [0.25, 0.3) is 0 Å². The van der Waals surface area contributed by atoms with Gasteiger partial charge in [0.2, 0.25) is 0 Å². The molecule has 0 saturated carbocycles. The minimum atomic E-state index is -0.177. The van der Waals surface area contributed by atoms with Gasteiger partial charge in [0, 0.05) is 10.6 Å². The van der Waals surface area contributed by atoms with Crippen LogP contribution in [-0.4, -0.2) is 11.6 Å². The molecular formula is C15H11ClN2O. The van der Waals surface area contributed by atoms with Crippen molar-refractivity contribution in [3.8, 4) is 0 Å². The van der Waals surface area contributed by atoms with Gasteiger partial charge in [-0.25, -0.2) is 4.99 Å². The first-order valence-corrected chi connectivity index (χ1v) is 6.28. The van der Waals surface area contributed by atoms with E-state index in [1.54, 1.807) is 12.1 Å². The van der Waals surface area contributed by atoms with E-state index in [0.29, 0.717) is 16.4 Å². The molecule has 1 N–H and O–H groups in total. The molecule has 94 valence electrons. The number of benzene rings is 2. The largest absolute Gasteiger partial charge is 0.320 e. The maximum atomic E-state index is 12.0. The molecule has 0 atom stereocenters. The van der Waals surface area contributed by atoms with E-state index in [0.717, 1.165) is 16.8 Å². The van der Waals surface area contributed by atoms with E-state index in [1.165, 1.54) is 0 Å². The Morgan fingerprint density at radius 1 is 1.16 bits per heavy atom. The quantitative estimate of drug-likeness (QED) is 0.843. The number of amides is 1. The Kier molecular flexibility index (Phi) is 2.84. The van der Waals surface area contributed by atoms with Gasteiger partial charge in [0.05, 0.1) is 11.4 Å². The summed E-state index contributed by atoms with van der Waals surface area (Å²) in [5.74, 6) is -0.177. The van der Waals surface area contributed by atoms with Crippen LogP contribution in [0.1, 0.15) is 11.1 Å². The first-order valence-electron chi connectivity index (χ1n) is 5.91. The second-order valence-electron chi connectivity index (χ2n) is 4.39. The molecule has 2 aromatic carbocycles. The standard InChI is InChI=1S/C15H11ClN2O/c1-9-4-2-7-12-13(9)18-15(19)14(12)17-11-6-3-5-10(16)8-11/h2-8H,1H3,(H,17,18,19). The van der Waals surface area contributed by atoms with E-state index in [2.05, 4.69) is 10.3 Å². The predicted molar refractivity (Wildman–Crippen MR) is 77.5 cm³/mol. The third-order valence-corrected chi connectivity index (χ3v) is 3.27. The summed E-state index contributed by atoms with van der Waals surface area (Å²) < 4.78 is 0. The van der Waals surface area contributed by atoms with Gasteiger partial charge in [0.1, 0.15) is 5.71 Å². The average molecular weight is 271 g/mol. The van der Waals surface area contributed by atoms with Crippen molar-refractivity contribution >= 4 is 34.6 Å². The van der Waals surface area contributed by atoms with E-state index in [-0.39, 0.29) is 5.91 Å². The molecule has 1 amide bonds. The van der Waals surface area contributed by atoms with Crippen LogP contribution in [0.2, 0.25) is 5.02 Å². The van der Waals surface area contributed by atoms with Crippen LogP contribution in [0.15, 0.2) is 47.5 Å². The Morgan fingerprint density at radius 3 is 2.74 bits per heavy atom. The zero-order valence-electron chi connectivity index (χ0n) is 10.3. The molecule has 0 radical (unpaired) electrons. The molecule has 1 aliphatic heterocycles. The fourth-order valence-electron chi connectivity index (χ4n) is 2.11. The predicted octanol–water partition coefficient (Wildman–Crippen LogP) is 3.72. The Balaban J connectivity index is 2.12. The Bertz CT molecular complexity index is 707. The molecule has 1 heterocycles. The zero-order valence-corrected chi connectivity index (χ0v) is 11.0. The number of hydrogen-bond acceptors (Lipinski definition) is 2. The van der Waals surface area contributed by atoms with Gasteiger partial charge < -0.3 is 5.32 Å². The van der Waals surface area contributed by atoms with Gasteiger partial charge in [0.25, 0.3) is 5.91 Å². The number of fused-ring (bicyclic) bond motifs is 1. The van der Waals surface area contributed by atoms with Gasteiger partial charge in [-0.3, -0.25) is 4.79 Å². The molecule has 19 heavy (non-hydrogen) atoms. The summed E-state index contributed by atoms with van der Waals surface area (Å²) >= 11 is 5.92. The Hall–Kier alpha value is -2.13. The van der Waals surface area contributed by atoms with Crippen molar-refractivity contribution in [2.24, 2.45) is 4.99 Å². The van der Waals surface area contributed by atoms with Crippen molar-refractivity contribution in [2.75, 3.05) is 5.32 Å². The summed E-state index contributed by atoms with van der Waals surface area (Å²) in [7, 11) is 0. The van der Waals surface area contributed by atoms with E-state index in [4.69, 9.17) is 11.6 Å². The molecule has 0 aromatic heterocycles. The van der Waals surface area contributed by atoms with Gasteiger partial charge in [-0.15, -0.1) is 0 Å². The van der Waals surface area contributed by atoms with Crippen molar-refractivity contribution in [3.05, 3.63) is 58.6 Å². The lowest BCUT2D eigenvalue weighted by molar-refractivity contribution is -0.110. The summed E-state index contributed by atoms with van der Waals surface area (Å²) in [4.78, 5) is 16.4. The number of aliphatic imine (C=N–C) groups is 1. The maximum Gasteiger partial charge on any atom is 0.275 e. The highest BCUT2D eigenvalue weighted by Crippen LogP contribution is 2.29. The summed E-state index contributed by atoms with van der Waals surface area (Å²) in [5.41, 5.74) is 3.81. The third kappa shape index (κ3) is 2.13. The minimum absolute atomic E-state index is 0.177. The monoisotopic (exact) mass is 270 g/mol. The fraction of sp³-hybridized carbons (Fsp3) is 0.0667. The molecule has 4 heteroatoms. The summed E-state index contributed by atoms with van der Waals surface area (Å²) in [6, 6.07) is 12.9. The molecule has 2 aromatic rings. The van der Waals surface area contributed by atoms with Crippen molar-refractivity contribution < 1.29 is 4.79 Å². The van der Waals surface area contributed by atoms with E-state index in [1.807, 2.05) is 37.3 Å². The van der Waals surface area contributed by atoms with E-state index < -0.39 is 0 Å². The number of rotatable bonds is 1. The van der Waals surface area contributed by atoms with Crippen LogP contribution < -0.4 is 5.32 Å². The number of para-hydroxylation sites is 1. The van der Waals surface area contributed by atoms with Gasteiger partial charge in [-0.2, -0.15) is 0 Å². The molecule has 0 saturated heterocycles. The third-order valence-electron chi connectivity index (χ3n) is 3.03. The number of nitrogens with one attached hydrogen (secondary N) is 1. The van der Waals surface area contributed by atoms with Crippen molar-refractivity contribution in [3.63, 3.8) is 0 Å². The molecule has 3 rings (SSSR count). The van der Waals surface area contributed by atoms with Crippen LogP contribution in [0, 0.1) is 6.92 Å². The lowest BCUT2D eigenvalue weighted by Crippen LogP contribution is -2.13. The van der Waals surface area contributed by atoms with Gasteiger partial charge >= 0.3 is 0 Å². The number of aryl methyl sites for hydroxylation is 1. The Morgan fingerprint density at radius 2 is 1.95 bits per heavy atom. The molecule has 0 spiro atoms. The van der Waals surface area contributed by atoms with E-state index in [9.17, 15) is 4.79 Å². The molecule has 3 nitrogen and oxygen atoms in total. The average Bonchev–Trinajstić information content (AvgIpc) is 2.69. The number of carbonyl (C=O) groups is 1. The fourth-order valence-corrected chi connectivity index (χ4v) is 2.30. The highest BCUT2D eigenvalue weighted by atomic mass is 35.5. The summed E-state index contributed by atoms with van der Waals surface area (Å²) in [6.07, 6.45) is 0. The number of halogens is 1. The number of hydrogen-bond donors (Lipinski definition) is 1. The van der Waals surface area contributed by atoms with Gasteiger partial charge in [-0.1, -0.05) is 35.9 Å². The molecule has 0 unspecified atom stereocenters. The van der Waals surface area contributed by atoms with Crippen molar-refractivity contribution in [1.29, 1.82) is 0 Å². The molecule has 0 bridgehead atoms. The smallest absolute Gasteiger partial charge is 0.275 e. The Labute approximate surface area is 115 Å². The van der Waals surface area contributed by atoms with Crippen molar-refractivity contribution in [2.45, 2.75) is 6.92 Å². The number of nitrogens with zero attached hydrogens (tertiary/aromatic N) is 1. The highest BCUT2D eigenvalue weighted by Gasteiger charge is 2.26. The second kappa shape index (κ2) is 4.52. The van der Waals surface area contributed by atoms with Gasteiger partial charge in [-0.05, 0) is 30.7 Å². The van der Waals surface area contributed by atoms with E-state index >= 15 is 0 Å². The molecular weight excluding hydrogens is 260 g/mol. The second-order valence-corrected chi connectivity index (χ2v) is 4.83. The zero-order chi connectivity index (χ0) is 13.4. The van der Waals surface area contributed by atoms with Crippen LogP contribution >= 0.6 is 11.6 Å². The van der Waals surface area contributed by atoms with Crippen LogP contribution in [0.3, 0.4) is 0 Å². The summed E-state index contributed by atoms with van der Waals surface area (Å²) in [5, 5.41) is 3.45. The number of carbonyl (C=O) groups excluding carboxylic acids is 1. The lowest BCUT2D eigenvalue weighted by Gasteiger charge is -2.01.